The van der Waals surface area contributed by atoms with Crippen LogP contribution in [0.1, 0.15) is 6.92 Å². The first-order chi connectivity index (χ1) is 8.97. The quantitative estimate of drug-likeness (QED) is 0.824. The fourth-order valence-electron chi connectivity index (χ4n) is 1.55. The number of fused-ring (bicyclic) bond motifs is 1. The first-order valence-electron chi connectivity index (χ1n) is 5.45. The van der Waals surface area contributed by atoms with Crippen LogP contribution in [0.15, 0.2) is 27.5 Å². The van der Waals surface area contributed by atoms with E-state index in [0.29, 0.717) is 5.75 Å². The number of ether oxygens (including phenoxy) is 2. The number of methoxy groups -OCH3 is 1. The molecule has 2 rings (SSSR count). The van der Waals surface area contributed by atoms with Crippen molar-refractivity contribution >= 4 is 27.5 Å². The summed E-state index contributed by atoms with van der Waals surface area (Å²) in [6, 6.07) is 4.41. The fraction of sp³-hybridized carbons (Fsp3) is 0.273. The third kappa shape index (κ3) is 2.53. The van der Waals surface area contributed by atoms with E-state index in [1.165, 1.54) is 19.2 Å². The number of esters is 1. The highest BCUT2D eigenvalue weighted by Gasteiger charge is 2.29. The maximum atomic E-state index is 12.0. The Labute approximate surface area is 110 Å². The number of carbonyl (C=O) groups excluding carboxylic acids is 1. The van der Waals surface area contributed by atoms with Gasteiger partial charge in [0, 0.05) is 6.07 Å². The van der Waals surface area contributed by atoms with E-state index in [2.05, 4.69) is 9.71 Å². The van der Waals surface area contributed by atoms with Gasteiger partial charge in [0.1, 0.15) is 10.6 Å². The summed E-state index contributed by atoms with van der Waals surface area (Å²) in [5.74, 6) is -0.772. The summed E-state index contributed by atoms with van der Waals surface area (Å²) in [4.78, 5) is 11.5. The number of hydrogen-bond donors (Lipinski definition) is 1. The lowest BCUT2D eigenvalue weighted by Crippen LogP contribution is -2.30. The molecule has 1 N–H and O–H groups in total. The van der Waals surface area contributed by atoms with E-state index >= 15 is 0 Å². The number of nitrogens with zero attached hydrogens (tertiary/aromatic N) is 1. The molecule has 0 fully saturated rings. The Morgan fingerprint density at radius 1 is 1.42 bits per heavy atom. The van der Waals surface area contributed by atoms with Crippen LogP contribution in [0.5, 0.6) is 5.75 Å². The van der Waals surface area contributed by atoms with Gasteiger partial charge in [0.2, 0.25) is 5.84 Å². The third-order valence-corrected chi connectivity index (χ3v) is 3.72. The second kappa shape index (κ2) is 4.88. The Hall–Kier alpha value is -2.09. The van der Waals surface area contributed by atoms with Crippen LogP contribution >= 0.6 is 0 Å². The summed E-state index contributed by atoms with van der Waals surface area (Å²) in [6.07, 6.45) is 0. The first kappa shape index (κ1) is 13.3. The summed E-state index contributed by atoms with van der Waals surface area (Å²) in [7, 11) is -2.51. The van der Waals surface area contributed by atoms with Gasteiger partial charge in [-0.15, -0.1) is 4.40 Å². The minimum atomic E-state index is -3.94. The van der Waals surface area contributed by atoms with Gasteiger partial charge in [-0.1, -0.05) is 0 Å². The minimum absolute atomic E-state index is 0.0418. The van der Waals surface area contributed by atoms with Crippen LogP contribution in [0.2, 0.25) is 0 Å². The molecule has 0 saturated carbocycles. The average molecular weight is 284 g/mol. The topological polar surface area (TPSA) is 94.1 Å². The summed E-state index contributed by atoms with van der Waals surface area (Å²) in [5, 5.41) is 2.63. The number of amidine groups is 1. The lowest BCUT2D eigenvalue weighted by atomic mass is 10.3. The predicted molar refractivity (Wildman–Crippen MR) is 67.9 cm³/mol. The van der Waals surface area contributed by atoms with E-state index in [1.807, 2.05) is 0 Å². The van der Waals surface area contributed by atoms with Crippen LogP contribution in [-0.4, -0.2) is 33.9 Å². The predicted octanol–water partition coefficient (Wildman–Crippen LogP) is 0.771. The molecule has 0 atom stereocenters. The molecule has 1 aliphatic heterocycles. The maximum absolute atomic E-state index is 12.0. The molecule has 0 saturated heterocycles. The minimum Gasteiger partial charge on any atom is -0.497 e. The summed E-state index contributed by atoms with van der Waals surface area (Å²) >= 11 is 0. The molecule has 1 heterocycles. The molecular weight excluding hydrogens is 272 g/mol. The van der Waals surface area contributed by atoms with Crippen LogP contribution in [0.3, 0.4) is 0 Å². The van der Waals surface area contributed by atoms with E-state index in [4.69, 9.17) is 9.47 Å². The Balaban J connectivity index is 2.46. The van der Waals surface area contributed by atoms with Crippen molar-refractivity contribution in [2.75, 3.05) is 19.0 Å². The van der Waals surface area contributed by atoms with Crippen molar-refractivity contribution in [2.24, 2.45) is 4.40 Å². The zero-order chi connectivity index (χ0) is 14.0. The van der Waals surface area contributed by atoms with E-state index in [9.17, 15) is 13.2 Å². The molecule has 0 radical (unpaired) electrons. The Morgan fingerprint density at radius 2 is 2.16 bits per heavy atom. The van der Waals surface area contributed by atoms with Crippen LogP contribution in [0.4, 0.5) is 5.69 Å². The number of nitrogens with one attached hydrogen (secondary N) is 1. The van der Waals surface area contributed by atoms with Gasteiger partial charge < -0.3 is 14.8 Å². The SMILES string of the molecule is CCOC(=O)C1=NS(=O)(=O)c2cc(OC)ccc2N1. The fourth-order valence-corrected chi connectivity index (χ4v) is 2.67. The van der Waals surface area contributed by atoms with Crippen LogP contribution in [0.25, 0.3) is 0 Å². The second-order valence-corrected chi connectivity index (χ2v) is 5.20. The molecule has 1 aromatic rings. The second-order valence-electron chi connectivity index (χ2n) is 3.62. The number of sulfonamides is 1. The summed E-state index contributed by atoms with van der Waals surface area (Å²) < 4.78 is 37.0. The van der Waals surface area contributed by atoms with Gasteiger partial charge in [0.05, 0.1) is 19.4 Å². The summed E-state index contributed by atoms with van der Waals surface area (Å²) in [5.41, 5.74) is 0.263. The van der Waals surface area contributed by atoms with Gasteiger partial charge in [0.25, 0.3) is 10.0 Å². The molecule has 0 amide bonds. The molecule has 1 aliphatic rings. The molecule has 0 unspecified atom stereocenters. The number of carbonyl (C=O) groups is 1. The van der Waals surface area contributed by atoms with Gasteiger partial charge in [-0.05, 0) is 19.1 Å². The van der Waals surface area contributed by atoms with Crippen molar-refractivity contribution < 1.29 is 22.7 Å². The number of anilines is 1. The molecule has 8 heteroatoms. The smallest absolute Gasteiger partial charge is 0.375 e. The molecule has 0 spiro atoms. The lowest BCUT2D eigenvalue weighted by molar-refractivity contribution is -0.135. The highest BCUT2D eigenvalue weighted by atomic mass is 32.2. The molecule has 7 nitrogen and oxygen atoms in total. The van der Waals surface area contributed by atoms with Crippen LogP contribution in [-0.2, 0) is 19.6 Å². The van der Waals surface area contributed by atoms with E-state index in [-0.39, 0.29) is 23.0 Å². The van der Waals surface area contributed by atoms with E-state index in [0.717, 1.165) is 0 Å². The zero-order valence-corrected chi connectivity index (χ0v) is 11.2. The Kier molecular flexibility index (Phi) is 3.43. The Bertz CT molecular complexity index is 651. The van der Waals surface area contributed by atoms with Gasteiger partial charge in [-0.25, -0.2) is 4.79 Å². The number of rotatable bonds is 3. The highest BCUT2D eigenvalue weighted by Crippen LogP contribution is 2.30. The van der Waals surface area contributed by atoms with Gasteiger partial charge in [0.15, 0.2) is 0 Å². The maximum Gasteiger partial charge on any atom is 0.375 e. The van der Waals surface area contributed by atoms with E-state index < -0.39 is 16.0 Å². The number of benzene rings is 1. The van der Waals surface area contributed by atoms with Gasteiger partial charge in [-0.3, -0.25) is 0 Å². The monoisotopic (exact) mass is 284 g/mol. The van der Waals surface area contributed by atoms with Crippen LogP contribution in [0, 0.1) is 0 Å². The standard InChI is InChI=1S/C11H12N2O5S/c1-3-18-11(14)10-12-8-5-4-7(17-2)6-9(8)19(15,16)13-10/h4-6H,3H2,1-2H3,(H,12,13). The van der Waals surface area contributed by atoms with Crippen molar-refractivity contribution in [3.8, 4) is 5.75 Å². The lowest BCUT2D eigenvalue weighted by Gasteiger charge is -2.17. The normalized spacial score (nSPS) is 15.8. The molecule has 1 aromatic carbocycles. The van der Waals surface area contributed by atoms with Crippen LogP contribution < -0.4 is 10.1 Å². The van der Waals surface area contributed by atoms with Gasteiger partial charge >= 0.3 is 5.97 Å². The molecular formula is C11H12N2O5S. The molecule has 0 bridgehead atoms. The van der Waals surface area contributed by atoms with Crippen molar-refractivity contribution in [2.45, 2.75) is 11.8 Å². The third-order valence-electron chi connectivity index (χ3n) is 2.40. The zero-order valence-electron chi connectivity index (χ0n) is 10.3. The number of hydrogen-bond acceptors (Lipinski definition) is 6. The summed E-state index contributed by atoms with van der Waals surface area (Å²) in [6.45, 7) is 1.75. The van der Waals surface area contributed by atoms with Gasteiger partial charge in [-0.2, -0.15) is 8.42 Å². The highest BCUT2D eigenvalue weighted by molar-refractivity contribution is 7.90. The van der Waals surface area contributed by atoms with E-state index in [1.54, 1.807) is 13.0 Å². The molecule has 0 aromatic heterocycles. The van der Waals surface area contributed by atoms with Crippen molar-refractivity contribution in [3.63, 3.8) is 0 Å². The van der Waals surface area contributed by atoms with Crippen molar-refractivity contribution in [1.29, 1.82) is 0 Å². The molecule has 0 aliphatic carbocycles. The van der Waals surface area contributed by atoms with Crippen molar-refractivity contribution in [3.05, 3.63) is 18.2 Å². The first-order valence-corrected chi connectivity index (χ1v) is 6.89. The van der Waals surface area contributed by atoms with Crippen molar-refractivity contribution in [1.82, 2.24) is 0 Å². The Morgan fingerprint density at radius 3 is 2.79 bits per heavy atom. The molecule has 102 valence electrons. The largest absolute Gasteiger partial charge is 0.497 e. The average Bonchev–Trinajstić information content (AvgIpc) is 2.38. The molecule has 19 heavy (non-hydrogen) atoms.